The lowest BCUT2D eigenvalue weighted by molar-refractivity contribution is 0.203. The van der Waals surface area contributed by atoms with Gasteiger partial charge in [-0.05, 0) is 18.6 Å². The van der Waals surface area contributed by atoms with Gasteiger partial charge in [-0.2, -0.15) is 0 Å². The summed E-state index contributed by atoms with van der Waals surface area (Å²) in [6.45, 7) is 2.67. The molecule has 160 valence electrons. The Balaban J connectivity index is 1.74. The number of amides is 2. The molecule has 0 atom stereocenters. The highest BCUT2D eigenvalue weighted by Crippen LogP contribution is 2.23. The van der Waals surface area contributed by atoms with Gasteiger partial charge in [0.2, 0.25) is 0 Å². The quantitative estimate of drug-likeness (QED) is 0.386. The number of furan rings is 1. The van der Waals surface area contributed by atoms with Crippen LogP contribution in [0, 0.1) is 17.5 Å². The van der Waals surface area contributed by atoms with Crippen LogP contribution in [-0.2, 0) is 6.54 Å². The van der Waals surface area contributed by atoms with E-state index in [9.17, 15) is 18.0 Å². The number of hydrogen-bond donors (Lipinski definition) is 1. The summed E-state index contributed by atoms with van der Waals surface area (Å²) in [6.07, 6.45) is 4.96. The van der Waals surface area contributed by atoms with Crippen molar-refractivity contribution in [1.82, 2.24) is 4.90 Å². The van der Waals surface area contributed by atoms with Gasteiger partial charge in [0.1, 0.15) is 22.8 Å². The van der Waals surface area contributed by atoms with Crippen molar-refractivity contribution in [2.24, 2.45) is 0 Å². The minimum Gasteiger partial charge on any atom is -0.459 e. The lowest BCUT2D eigenvalue weighted by Crippen LogP contribution is -2.35. The first-order chi connectivity index (χ1) is 14.5. The van der Waals surface area contributed by atoms with Crippen molar-refractivity contribution in [2.75, 3.05) is 11.9 Å². The third kappa shape index (κ3) is 5.55. The molecule has 0 aliphatic carbocycles. The molecule has 0 aliphatic rings. The molecular formula is C23H25F3N2O2. The van der Waals surface area contributed by atoms with Crippen molar-refractivity contribution in [3.8, 4) is 0 Å². The average molecular weight is 418 g/mol. The van der Waals surface area contributed by atoms with E-state index in [1.54, 1.807) is 0 Å². The number of urea groups is 1. The smallest absolute Gasteiger partial charge is 0.322 e. The molecule has 1 heterocycles. The summed E-state index contributed by atoms with van der Waals surface area (Å²) in [5.41, 5.74) is 0.0356. The van der Waals surface area contributed by atoms with Gasteiger partial charge in [0, 0.05) is 24.1 Å². The Morgan fingerprint density at radius 2 is 1.70 bits per heavy atom. The van der Waals surface area contributed by atoms with Gasteiger partial charge in [0.05, 0.1) is 6.54 Å². The molecule has 1 aromatic heterocycles. The first-order valence-corrected chi connectivity index (χ1v) is 10.2. The maximum atomic E-state index is 14.0. The Labute approximate surface area is 173 Å². The molecule has 3 rings (SSSR count). The van der Waals surface area contributed by atoms with Crippen LogP contribution in [-0.4, -0.2) is 17.5 Å². The van der Waals surface area contributed by atoms with Gasteiger partial charge < -0.3 is 14.6 Å². The van der Waals surface area contributed by atoms with Gasteiger partial charge in [-0.25, -0.2) is 18.0 Å². The molecule has 0 radical (unpaired) electrons. The summed E-state index contributed by atoms with van der Waals surface area (Å²) in [7, 11) is 0. The van der Waals surface area contributed by atoms with Crippen molar-refractivity contribution in [2.45, 2.75) is 45.6 Å². The Morgan fingerprint density at radius 3 is 2.40 bits per heavy atom. The molecule has 0 fully saturated rings. The predicted molar refractivity (Wildman–Crippen MR) is 111 cm³/mol. The van der Waals surface area contributed by atoms with Crippen LogP contribution in [0.25, 0.3) is 11.0 Å². The van der Waals surface area contributed by atoms with Crippen molar-refractivity contribution >= 4 is 22.7 Å². The molecule has 0 aliphatic heterocycles. The average Bonchev–Trinajstić information content (AvgIpc) is 3.12. The van der Waals surface area contributed by atoms with E-state index in [-0.39, 0.29) is 6.54 Å². The Kier molecular flexibility index (Phi) is 7.38. The summed E-state index contributed by atoms with van der Waals surface area (Å²) in [5, 5.41) is 3.15. The number of rotatable bonds is 9. The van der Waals surface area contributed by atoms with Crippen LogP contribution in [0.1, 0.15) is 44.8 Å². The zero-order valence-electron chi connectivity index (χ0n) is 16.9. The summed E-state index contributed by atoms with van der Waals surface area (Å²) in [5.74, 6) is -2.79. The first kappa shape index (κ1) is 21.7. The maximum absolute atomic E-state index is 14.0. The number of nitrogens with one attached hydrogen (secondary N) is 1. The lowest BCUT2D eigenvalue weighted by Gasteiger charge is -2.22. The highest BCUT2D eigenvalue weighted by atomic mass is 19.1. The van der Waals surface area contributed by atoms with E-state index in [4.69, 9.17) is 4.42 Å². The van der Waals surface area contributed by atoms with Crippen LogP contribution in [0.5, 0.6) is 0 Å². The third-order valence-corrected chi connectivity index (χ3v) is 4.88. The highest BCUT2D eigenvalue weighted by Gasteiger charge is 2.20. The van der Waals surface area contributed by atoms with Crippen LogP contribution >= 0.6 is 0 Å². The fraction of sp³-hybridized carbons (Fsp3) is 0.348. The van der Waals surface area contributed by atoms with E-state index in [1.165, 1.54) is 4.90 Å². The standard InChI is InChI=1S/C23H25F3N2O2/c1-2-3-4-5-8-11-28(15-18-12-16-9-6-7-10-21(16)30-18)23(29)27-22-19(25)13-17(24)14-20(22)26/h6-7,9-10,12-14H,2-5,8,11,15H2,1H3,(H,27,29). The molecule has 3 aromatic rings. The van der Waals surface area contributed by atoms with Crippen molar-refractivity contribution < 1.29 is 22.4 Å². The van der Waals surface area contributed by atoms with Crippen LogP contribution in [0.3, 0.4) is 0 Å². The van der Waals surface area contributed by atoms with Crippen LogP contribution in [0.15, 0.2) is 46.9 Å². The van der Waals surface area contributed by atoms with Crippen molar-refractivity contribution in [1.29, 1.82) is 0 Å². The molecule has 0 saturated carbocycles. The third-order valence-electron chi connectivity index (χ3n) is 4.88. The van der Waals surface area contributed by atoms with Gasteiger partial charge in [-0.3, -0.25) is 0 Å². The zero-order chi connectivity index (χ0) is 21.5. The van der Waals surface area contributed by atoms with Crippen molar-refractivity contribution in [3.63, 3.8) is 0 Å². The van der Waals surface area contributed by atoms with Crippen LogP contribution in [0.2, 0.25) is 0 Å². The molecule has 7 heteroatoms. The number of hydrogen-bond acceptors (Lipinski definition) is 2. The Bertz CT molecular complexity index is 947. The number of fused-ring (bicyclic) bond motifs is 1. The maximum Gasteiger partial charge on any atom is 0.322 e. The number of carbonyl (C=O) groups excluding carboxylic acids is 1. The second kappa shape index (κ2) is 10.2. The fourth-order valence-electron chi connectivity index (χ4n) is 3.31. The Morgan fingerprint density at radius 1 is 1.00 bits per heavy atom. The number of para-hydroxylation sites is 1. The van der Waals surface area contributed by atoms with E-state index < -0.39 is 29.2 Å². The molecule has 0 bridgehead atoms. The number of anilines is 1. The number of nitrogens with zero attached hydrogens (tertiary/aromatic N) is 1. The first-order valence-electron chi connectivity index (χ1n) is 10.2. The second-order valence-corrected chi connectivity index (χ2v) is 7.26. The molecule has 2 amide bonds. The summed E-state index contributed by atoms with van der Waals surface area (Å²) in [4.78, 5) is 14.2. The van der Waals surface area contributed by atoms with E-state index >= 15 is 0 Å². The molecule has 0 unspecified atom stereocenters. The van der Waals surface area contributed by atoms with Gasteiger partial charge in [-0.1, -0.05) is 50.8 Å². The van der Waals surface area contributed by atoms with E-state index in [1.807, 2.05) is 30.3 Å². The normalized spacial score (nSPS) is 11.1. The fourth-order valence-corrected chi connectivity index (χ4v) is 3.31. The predicted octanol–water partition coefficient (Wildman–Crippen LogP) is 6.85. The lowest BCUT2D eigenvalue weighted by atomic mass is 10.1. The van der Waals surface area contributed by atoms with Crippen LogP contribution < -0.4 is 5.32 Å². The summed E-state index contributed by atoms with van der Waals surface area (Å²) >= 11 is 0. The van der Waals surface area contributed by atoms with Crippen LogP contribution in [0.4, 0.5) is 23.7 Å². The number of benzene rings is 2. The second-order valence-electron chi connectivity index (χ2n) is 7.26. The Hall–Kier alpha value is -2.96. The van der Waals surface area contributed by atoms with Gasteiger partial charge in [0.15, 0.2) is 11.6 Å². The zero-order valence-corrected chi connectivity index (χ0v) is 16.9. The summed E-state index contributed by atoms with van der Waals surface area (Å²) < 4.78 is 46.9. The largest absolute Gasteiger partial charge is 0.459 e. The van der Waals surface area contributed by atoms with Gasteiger partial charge >= 0.3 is 6.03 Å². The van der Waals surface area contributed by atoms with Gasteiger partial charge in [-0.15, -0.1) is 0 Å². The van der Waals surface area contributed by atoms with Gasteiger partial charge in [0.25, 0.3) is 0 Å². The monoisotopic (exact) mass is 418 g/mol. The molecule has 1 N–H and O–H groups in total. The summed E-state index contributed by atoms with van der Waals surface area (Å²) in [6, 6.07) is 9.72. The van der Waals surface area contributed by atoms with E-state index in [2.05, 4.69) is 12.2 Å². The minimum atomic E-state index is -1.16. The van der Waals surface area contributed by atoms with Crippen molar-refractivity contribution in [3.05, 3.63) is 65.7 Å². The number of carbonyl (C=O) groups is 1. The van der Waals surface area contributed by atoms with E-state index in [0.717, 1.165) is 37.5 Å². The number of unbranched alkanes of at least 4 members (excludes halogenated alkanes) is 4. The number of halogens is 3. The molecule has 30 heavy (non-hydrogen) atoms. The van der Waals surface area contributed by atoms with E-state index in [0.29, 0.717) is 30.0 Å². The molecule has 4 nitrogen and oxygen atoms in total. The highest BCUT2D eigenvalue weighted by molar-refractivity contribution is 5.89. The minimum absolute atomic E-state index is 0.152. The molecular weight excluding hydrogens is 393 g/mol. The molecule has 0 spiro atoms. The SMILES string of the molecule is CCCCCCCN(Cc1cc2ccccc2o1)C(=O)Nc1c(F)cc(F)cc1F. The topological polar surface area (TPSA) is 45.5 Å². The molecule has 2 aromatic carbocycles. The molecule has 0 saturated heterocycles.